The Morgan fingerprint density at radius 2 is 1.25 bits per heavy atom. The minimum absolute atomic E-state index is 0.0368. The molecule has 65 heavy (non-hydrogen) atoms. The lowest BCUT2D eigenvalue weighted by atomic mass is 10.1. The normalized spacial score (nSPS) is 12.5. The molecule has 0 saturated carbocycles. The number of hydrogen-bond acceptors (Lipinski definition) is 15. The molecule has 0 unspecified atom stereocenters. The molecule has 336 valence electrons. The second-order valence-corrected chi connectivity index (χ2v) is 14.7. The number of benzene rings is 2. The second kappa shape index (κ2) is 18.8. The van der Waals surface area contributed by atoms with Crippen molar-refractivity contribution in [3.63, 3.8) is 0 Å². The zero-order valence-electron chi connectivity index (χ0n) is 35.4. The minimum atomic E-state index is -0.767. The quantitative estimate of drug-likeness (QED) is 0.0516. The van der Waals surface area contributed by atoms with Crippen molar-refractivity contribution in [3.8, 4) is 11.5 Å². The first-order valence-corrected chi connectivity index (χ1v) is 19.9. The van der Waals surface area contributed by atoms with Crippen LogP contribution >= 0.6 is 0 Å². The van der Waals surface area contributed by atoms with Gasteiger partial charge in [0.15, 0.2) is 0 Å². The average molecular weight is 891 g/mol. The maximum atomic E-state index is 13.4. The number of ether oxygens (including phenoxy) is 2. The van der Waals surface area contributed by atoms with Gasteiger partial charge in [-0.15, -0.1) is 0 Å². The Labute approximate surface area is 367 Å². The molecular weight excluding hydrogens is 849 g/mol. The van der Waals surface area contributed by atoms with Crippen LogP contribution in [0.5, 0.6) is 11.5 Å². The van der Waals surface area contributed by atoms with E-state index in [0.717, 1.165) is 17.1 Å². The van der Waals surface area contributed by atoms with Crippen LogP contribution in [0.3, 0.4) is 0 Å². The van der Waals surface area contributed by atoms with E-state index >= 15 is 0 Å². The standard InChI is InChI=1S/C42H42N12O11/c1-22-16-30(64-49-22)39(60)47-41-45-26-18-24(37(43)58)20-28(62-4)35(26)53(41)12-5-6-13-54-36-27(46-42(54)48-40(61)31-17-23(2)50-65-31)19-25(38(44)59)21-29(36)63-15-7-11-51(3)32(55)10-14-52-33(56)8-9-34(52)57/h5-6,8-9,16-21H,7,10-15H2,1-4H3,(H2,43,58)(H2,44,59)(H,45,47,60)(H,46,48,61)/b6-5+. The van der Waals surface area contributed by atoms with E-state index in [1.807, 2.05) is 0 Å². The fraction of sp³-hybridized carbons (Fsp3) is 0.262. The molecule has 4 aromatic heterocycles. The zero-order chi connectivity index (χ0) is 46.5. The number of hydrogen-bond donors (Lipinski definition) is 4. The molecule has 0 fully saturated rings. The Hall–Kier alpha value is -8.63. The molecule has 7 amide bonds. The summed E-state index contributed by atoms with van der Waals surface area (Å²) in [5.41, 5.74) is 13.8. The van der Waals surface area contributed by atoms with Gasteiger partial charge < -0.3 is 44.0 Å². The van der Waals surface area contributed by atoms with E-state index in [9.17, 15) is 33.6 Å². The maximum absolute atomic E-state index is 13.4. The SMILES string of the molecule is COc1cc(C(N)=O)cc2nc(NC(=O)c3cc(C)no3)n(C/C=C/Cn3c(NC(=O)c4cc(C)no4)nc4cc(C(N)=O)cc(OCCCN(C)C(=O)CCN5C(=O)C=CC5=O)c43)c12. The van der Waals surface area contributed by atoms with Gasteiger partial charge in [0.1, 0.15) is 22.5 Å². The molecule has 1 aliphatic heterocycles. The molecular formula is C42H42N12O11. The summed E-state index contributed by atoms with van der Waals surface area (Å²) in [7, 11) is 2.99. The van der Waals surface area contributed by atoms with Crippen molar-refractivity contribution in [1.29, 1.82) is 0 Å². The van der Waals surface area contributed by atoms with Crippen LogP contribution in [0.25, 0.3) is 22.1 Å². The summed E-state index contributed by atoms with van der Waals surface area (Å²) < 4.78 is 25.4. The number of imide groups is 1. The third-order valence-electron chi connectivity index (χ3n) is 10.1. The summed E-state index contributed by atoms with van der Waals surface area (Å²) in [5, 5.41) is 13.0. The maximum Gasteiger partial charge on any atom is 0.296 e. The van der Waals surface area contributed by atoms with Gasteiger partial charge in [-0.3, -0.25) is 49.1 Å². The number of allylic oxidation sites excluding steroid dienone is 2. The number of rotatable bonds is 19. The third-order valence-corrected chi connectivity index (χ3v) is 10.1. The lowest BCUT2D eigenvalue weighted by molar-refractivity contribution is -0.138. The number of aromatic nitrogens is 6. The van der Waals surface area contributed by atoms with E-state index in [0.29, 0.717) is 34.4 Å². The topological polar surface area (TPSA) is 308 Å². The highest BCUT2D eigenvalue weighted by molar-refractivity contribution is 6.13. The van der Waals surface area contributed by atoms with Gasteiger partial charge >= 0.3 is 0 Å². The summed E-state index contributed by atoms with van der Waals surface area (Å²) >= 11 is 0. The summed E-state index contributed by atoms with van der Waals surface area (Å²) in [6.45, 7) is 3.67. The molecule has 6 aromatic rings. The molecule has 2 aromatic carbocycles. The van der Waals surface area contributed by atoms with Crippen LogP contribution in [0.4, 0.5) is 11.9 Å². The molecule has 0 radical (unpaired) electrons. The van der Waals surface area contributed by atoms with Crippen molar-refractivity contribution in [3.05, 3.63) is 94.7 Å². The average Bonchev–Trinajstić information content (AvgIpc) is 4.11. The predicted molar refractivity (Wildman–Crippen MR) is 229 cm³/mol. The first-order chi connectivity index (χ1) is 31.1. The van der Waals surface area contributed by atoms with Crippen LogP contribution in [0, 0.1) is 13.8 Å². The van der Waals surface area contributed by atoms with Crippen LogP contribution in [0.2, 0.25) is 0 Å². The van der Waals surface area contributed by atoms with E-state index in [1.54, 1.807) is 42.2 Å². The summed E-state index contributed by atoms with van der Waals surface area (Å²) in [6.07, 6.45) is 6.05. The third kappa shape index (κ3) is 9.72. The molecule has 0 bridgehead atoms. The van der Waals surface area contributed by atoms with Gasteiger partial charge in [0.25, 0.3) is 23.6 Å². The number of imidazole rings is 2. The molecule has 0 aliphatic carbocycles. The van der Waals surface area contributed by atoms with Crippen LogP contribution in [-0.2, 0) is 27.5 Å². The predicted octanol–water partition coefficient (Wildman–Crippen LogP) is 2.49. The second-order valence-electron chi connectivity index (χ2n) is 14.7. The van der Waals surface area contributed by atoms with Crippen LogP contribution < -0.4 is 31.6 Å². The zero-order valence-corrected chi connectivity index (χ0v) is 35.4. The number of fused-ring (bicyclic) bond motifs is 2. The van der Waals surface area contributed by atoms with Gasteiger partial charge in [0.05, 0.1) is 36.1 Å². The summed E-state index contributed by atoms with van der Waals surface area (Å²) in [4.78, 5) is 99.5. The van der Waals surface area contributed by atoms with E-state index in [-0.39, 0.29) is 96.7 Å². The molecule has 1 aliphatic rings. The van der Waals surface area contributed by atoms with Gasteiger partial charge in [0.2, 0.25) is 41.1 Å². The number of methoxy groups -OCH3 is 1. The number of anilines is 2. The van der Waals surface area contributed by atoms with Crippen molar-refractivity contribution in [1.82, 2.24) is 39.2 Å². The molecule has 23 nitrogen and oxygen atoms in total. The van der Waals surface area contributed by atoms with Crippen molar-refractivity contribution in [2.45, 2.75) is 39.8 Å². The number of carbonyl (C=O) groups excluding carboxylic acids is 7. The molecule has 0 spiro atoms. The monoisotopic (exact) mass is 890 g/mol. The number of amides is 7. The molecule has 7 rings (SSSR count). The highest BCUT2D eigenvalue weighted by Crippen LogP contribution is 2.33. The van der Waals surface area contributed by atoms with Crippen molar-refractivity contribution >= 4 is 75.3 Å². The number of aryl methyl sites for hydroxylation is 2. The van der Waals surface area contributed by atoms with Gasteiger partial charge in [0, 0.05) is 75.1 Å². The number of nitrogens with zero attached hydrogens (tertiary/aromatic N) is 8. The van der Waals surface area contributed by atoms with E-state index in [4.69, 9.17) is 30.0 Å². The first-order valence-electron chi connectivity index (χ1n) is 19.9. The van der Waals surface area contributed by atoms with Gasteiger partial charge in [-0.1, -0.05) is 22.5 Å². The number of nitrogens with one attached hydrogen (secondary N) is 2. The van der Waals surface area contributed by atoms with Gasteiger partial charge in [-0.2, -0.15) is 0 Å². The lowest BCUT2D eigenvalue weighted by Crippen LogP contribution is -2.36. The highest BCUT2D eigenvalue weighted by atomic mass is 16.5. The molecule has 6 N–H and O–H groups in total. The van der Waals surface area contributed by atoms with E-state index in [2.05, 4.69) is 30.9 Å². The number of nitrogens with two attached hydrogens (primary N) is 2. The van der Waals surface area contributed by atoms with Crippen molar-refractivity contribution < 1.29 is 52.1 Å². The van der Waals surface area contributed by atoms with Gasteiger partial charge in [-0.25, -0.2) is 9.97 Å². The molecule has 0 atom stereocenters. The smallest absolute Gasteiger partial charge is 0.296 e. The Kier molecular flexibility index (Phi) is 12.8. The lowest BCUT2D eigenvalue weighted by Gasteiger charge is -2.19. The molecule has 5 heterocycles. The van der Waals surface area contributed by atoms with Crippen LogP contribution in [-0.4, -0.2) is 114 Å². The Balaban J connectivity index is 1.17. The highest BCUT2D eigenvalue weighted by Gasteiger charge is 2.26. The Bertz CT molecular complexity index is 2940. The molecule has 23 heteroatoms. The fourth-order valence-corrected chi connectivity index (χ4v) is 6.84. The Morgan fingerprint density at radius 3 is 1.71 bits per heavy atom. The van der Waals surface area contributed by atoms with Crippen molar-refractivity contribution in [2.24, 2.45) is 11.5 Å². The van der Waals surface area contributed by atoms with Crippen LogP contribution in [0.15, 0.2) is 69.7 Å². The number of primary amides is 2. The van der Waals surface area contributed by atoms with Gasteiger partial charge in [-0.05, 0) is 44.5 Å². The summed E-state index contributed by atoms with van der Waals surface area (Å²) in [6, 6.07) is 8.72. The largest absolute Gasteiger partial charge is 0.494 e. The minimum Gasteiger partial charge on any atom is -0.494 e. The van der Waals surface area contributed by atoms with Crippen molar-refractivity contribution in [2.75, 3.05) is 44.5 Å². The first kappa shape index (κ1) is 44.4. The van der Waals surface area contributed by atoms with E-state index in [1.165, 1.54) is 48.4 Å². The number of carbonyl (C=O) groups is 7. The fourth-order valence-electron chi connectivity index (χ4n) is 6.84. The van der Waals surface area contributed by atoms with Crippen LogP contribution in [0.1, 0.15) is 66.1 Å². The molecule has 0 saturated heterocycles. The Morgan fingerprint density at radius 1 is 0.754 bits per heavy atom. The van der Waals surface area contributed by atoms with E-state index < -0.39 is 35.4 Å². The summed E-state index contributed by atoms with van der Waals surface area (Å²) in [5.74, 6) is -3.64.